The topological polar surface area (TPSA) is 12.4 Å². The number of aliphatic imine (C=N–C) groups is 1. The summed E-state index contributed by atoms with van der Waals surface area (Å²) >= 11 is 0. The highest BCUT2D eigenvalue weighted by Gasteiger charge is 2.43. The van der Waals surface area contributed by atoms with Crippen LogP contribution in [0.4, 0.5) is 0 Å². The van der Waals surface area contributed by atoms with Crippen molar-refractivity contribution in [2.24, 2.45) is 10.4 Å². The van der Waals surface area contributed by atoms with Gasteiger partial charge in [0.2, 0.25) is 0 Å². The maximum Gasteiger partial charge on any atom is 0.0704 e. The molecular weight excluding hydrogens is 254 g/mol. The number of allylic oxidation sites excluding steroid dienone is 8. The molecule has 21 heavy (non-hydrogen) atoms. The average molecular weight is 285 g/mol. The van der Waals surface area contributed by atoms with Crippen LogP contribution in [-0.4, -0.2) is 5.71 Å². The molecule has 2 rings (SSSR count). The second-order valence-electron chi connectivity index (χ2n) is 5.64. The van der Waals surface area contributed by atoms with Crippen molar-refractivity contribution < 1.29 is 0 Å². The van der Waals surface area contributed by atoms with Gasteiger partial charge in [-0.1, -0.05) is 57.6 Å². The van der Waals surface area contributed by atoms with Crippen LogP contribution in [0.25, 0.3) is 0 Å². The summed E-state index contributed by atoms with van der Waals surface area (Å²) in [6.07, 6.45) is 15.7. The predicted octanol–water partition coefficient (Wildman–Crippen LogP) is 6.40. The van der Waals surface area contributed by atoms with Crippen LogP contribution in [0, 0.1) is 5.41 Å². The zero-order valence-electron chi connectivity index (χ0n) is 14.7. The van der Waals surface area contributed by atoms with Crippen LogP contribution in [0.2, 0.25) is 0 Å². The maximum atomic E-state index is 4.79. The number of hydrogen-bond acceptors (Lipinski definition) is 1. The molecule has 0 spiro atoms. The molecule has 1 heteroatoms. The van der Waals surface area contributed by atoms with Gasteiger partial charge in [0.15, 0.2) is 0 Å². The van der Waals surface area contributed by atoms with Gasteiger partial charge in [-0.2, -0.15) is 0 Å². The summed E-state index contributed by atoms with van der Waals surface area (Å²) in [5.41, 5.74) is 5.57. The minimum atomic E-state index is 0.466. The molecule has 0 radical (unpaired) electrons. The molecule has 0 amide bonds. The zero-order valence-corrected chi connectivity index (χ0v) is 14.7. The third-order valence-electron chi connectivity index (χ3n) is 4.43. The van der Waals surface area contributed by atoms with Gasteiger partial charge in [-0.15, -0.1) is 0 Å². The highest BCUT2D eigenvalue weighted by Crippen LogP contribution is 2.55. The fourth-order valence-corrected chi connectivity index (χ4v) is 2.85. The van der Waals surface area contributed by atoms with Gasteiger partial charge in [-0.3, -0.25) is 4.99 Å². The third kappa shape index (κ3) is 4.30. The Bertz CT molecular complexity index is 494. The Morgan fingerprint density at radius 3 is 2.29 bits per heavy atom. The lowest BCUT2D eigenvalue weighted by Crippen LogP contribution is -2.10. The maximum absolute atomic E-state index is 4.79. The van der Waals surface area contributed by atoms with Crippen molar-refractivity contribution in [2.75, 3.05) is 0 Å². The summed E-state index contributed by atoms with van der Waals surface area (Å²) < 4.78 is 0. The summed E-state index contributed by atoms with van der Waals surface area (Å²) in [6.45, 7) is 12.8. The minimum Gasteiger partial charge on any atom is -0.253 e. The molecule has 0 atom stereocenters. The van der Waals surface area contributed by atoms with Gasteiger partial charge in [0, 0.05) is 5.70 Å². The molecule has 2 aliphatic carbocycles. The molecule has 0 saturated heterocycles. The van der Waals surface area contributed by atoms with Gasteiger partial charge in [-0.25, -0.2) is 0 Å². The van der Waals surface area contributed by atoms with E-state index in [0.717, 1.165) is 17.8 Å². The molecule has 0 heterocycles. The second-order valence-corrected chi connectivity index (χ2v) is 5.64. The van der Waals surface area contributed by atoms with Crippen LogP contribution in [0.5, 0.6) is 0 Å². The molecular formula is C20H31N. The van der Waals surface area contributed by atoms with Crippen molar-refractivity contribution in [3.8, 4) is 0 Å². The second kappa shape index (κ2) is 8.17. The number of hydrogen-bond donors (Lipinski definition) is 0. The van der Waals surface area contributed by atoms with Crippen molar-refractivity contribution in [3.05, 3.63) is 47.2 Å². The van der Waals surface area contributed by atoms with E-state index < -0.39 is 0 Å². The third-order valence-corrected chi connectivity index (χ3v) is 4.43. The molecule has 2 aliphatic rings. The van der Waals surface area contributed by atoms with Gasteiger partial charge >= 0.3 is 0 Å². The molecule has 0 aromatic rings. The van der Waals surface area contributed by atoms with Gasteiger partial charge in [0.1, 0.15) is 0 Å². The SMILES string of the molecule is CC.CC/C=C(C)/N=C1/C=CC=C/C1=C(/C)C1(CC)CC1. The van der Waals surface area contributed by atoms with E-state index in [1.165, 1.54) is 30.4 Å². The monoisotopic (exact) mass is 285 g/mol. The Kier molecular flexibility index (Phi) is 6.87. The molecule has 1 saturated carbocycles. The summed E-state index contributed by atoms with van der Waals surface area (Å²) in [4.78, 5) is 4.79. The van der Waals surface area contributed by atoms with E-state index in [9.17, 15) is 0 Å². The van der Waals surface area contributed by atoms with Crippen LogP contribution in [-0.2, 0) is 0 Å². The van der Waals surface area contributed by atoms with Crippen molar-refractivity contribution in [2.45, 2.75) is 67.2 Å². The average Bonchev–Trinajstić information content (AvgIpc) is 3.30. The standard InChI is InChI=1S/C18H25N.C2H6/c1-5-9-14(3)19-17-11-8-7-10-16(17)15(4)18(6-2)12-13-18;1-2/h7-11H,5-6,12-13H2,1-4H3;1-2H3/b14-9+,16-15+,19-17-;. The molecule has 1 nitrogen and oxygen atoms in total. The van der Waals surface area contributed by atoms with E-state index in [1.807, 2.05) is 13.8 Å². The lowest BCUT2D eigenvalue weighted by molar-refractivity contribution is 0.581. The molecule has 1 fully saturated rings. The first kappa shape index (κ1) is 17.7. The van der Waals surface area contributed by atoms with E-state index in [4.69, 9.17) is 4.99 Å². The quantitative estimate of drug-likeness (QED) is 0.566. The fraction of sp³-hybridized carbons (Fsp3) is 0.550. The zero-order chi connectivity index (χ0) is 15.9. The van der Waals surface area contributed by atoms with E-state index in [1.54, 1.807) is 0 Å². The van der Waals surface area contributed by atoms with E-state index >= 15 is 0 Å². The summed E-state index contributed by atoms with van der Waals surface area (Å²) in [5, 5.41) is 0. The summed E-state index contributed by atoms with van der Waals surface area (Å²) in [7, 11) is 0. The fourth-order valence-electron chi connectivity index (χ4n) is 2.85. The van der Waals surface area contributed by atoms with Crippen LogP contribution in [0.15, 0.2) is 52.2 Å². The van der Waals surface area contributed by atoms with E-state index in [0.29, 0.717) is 5.41 Å². The Labute approximate surface area is 131 Å². The van der Waals surface area contributed by atoms with Crippen LogP contribution in [0.3, 0.4) is 0 Å². The Morgan fingerprint density at radius 2 is 1.76 bits per heavy atom. The lowest BCUT2D eigenvalue weighted by atomic mass is 9.87. The highest BCUT2D eigenvalue weighted by atomic mass is 14.7. The van der Waals surface area contributed by atoms with Gasteiger partial charge in [-0.05, 0) is 56.6 Å². The molecule has 0 N–H and O–H groups in total. The summed E-state index contributed by atoms with van der Waals surface area (Å²) in [5.74, 6) is 0. The molecule has 0 aromatic carbocycles. The van der Waals surface area contributed by atoms with Crippen LogP contribution in [0.1, 0.15) is 67.2 Å². The molecule has 0 aromatic heterocycles. The highest BCUT2D eigenvalue weighted by molar-refractivity contribution is 6.12. The van der Waals surface area contributed by atoms with Crippen LogP contribution < -0.4 is 0 Å². The van der Waals surface area contributed by atoms with Crippen molar-refractivity contribution in [3.63, 3.8) is 0 Å². The first-order valence-electron chi connectivity index (χ1n) is 8.45. The Hall–Kier alpha value is -1.37. The largest absolute Gasteiger partial charge is 0.253 e. The van der Waals surface area contributed by atoms with Crippen molar-refractivity contribution in [1.82, 2.24) is 0 Å². The Balaban J connectivity index is 0.00000106. The number of nitrogens with zero attached hydrogens (tertiary/aromatic N) is 1. The van der Waals surface area contributed by atoms with E-state index in [-0.39, 0.29) is 0 Å². The van der Waals surface area contributed by atoms with Gasteiger partial charge in [0.25, 0.3) is 0 Å². The first-order valence-corrected chi connectivity index (χ1v) is 8.45. The van der Waals surface area contributed by atoms with Crippen LogP contribution >= 0.6 is 0 Å². The molecule has 0 bridgehead atoms. The summed E-state index contributed by atoms with van der Waals surface area (Å²) in [6, 6.07) is 0. The lowest BCUT2D eigenvalue weighted by Gasteiger charge is -2.19. The van der Waals surface area contributed by atoms with Gasteiger partial charge in [0.05, 0.1) is 5.71 Å². The molecule has 116 valence electrons. The Morgan fingerprint density at radius 1 is 1.14 bits per heavy atom. The molecule has 0 aliphatic heterocycles. The smallest absolute Gasteiger partial charge is 0.0704 e. The minimum absolute atomic E-state index is 0.466. The number of rotatable bonds is 4. The van der Waals surface area contributed by atoms with Crippen molar-refractivity contribution >= 4 is 5.71 Å². The molecule has 0 unspecified atom stereocenters. The van der Waals surface area contributed by atoms with Gasteiger partial charge < -0.3 is 0 Å². The van der Waals surface area contributed by atoms with E-state index in [2.05, 4.69) is 58.1 Å². The van der Waals surface area contributed by atoms with Crippen molar-refractivity contribution in [1.29, 1.82) is 0 Å². The first-order chi connectivity index (χ1) is 10.1. The predicted molar refractivity (Wildman–Crippen MR) is 95.8 cm³/mol. The normalized spacial score (nSPS) is 23.7.